The first-order valence-electron chi connectivity index (χ1n) is 7.45. The summed E-state index contributed by atoms with van der Waals surface area (Å²) in [6.07, 6.45) is 2.82. The fourth-order valence-electron chi connectivity index (χ4n) is 2.47. The maximum Gasteiger partial charge on any atom is 0.183 e. The van der Waals surface area contributed by atoms with Crippen molar-refractivity contribution in [1.29, 1.82) is 0 Å². The molecule has 0 bridgehead atoms. The van der Waals surface area contributed by atoms with Gasteiger partial charge in [0.15, 0.2) is 6.29 Å². The van der Waals surface area contributed by atoms with Gasteiger partial charge in [-0.2, -0.15) is 0 Å². The number of rotatable bonds is 8. The van der Waals surface area contributed by atoms with Gasteiger partial charge < -0.3 is 25.2 Å². The average molecular weight is 276 g/mol. The lowest BCUT2D eigenvalue weighted by atomic mass is 9.95. The van der Waals surface area contributed by atoms with Crippen LogP contribution >= 0.6 is 0 Å². The van der Waals surface area contributed by atoms with Crippen molar-refractivity contribution in [2.75, 3.05) is 0 Å². The van der Waals surface area contributed by atoms with Crippen molar-refractivity contribution < 1.29 is 25.2 Å². The van der Waals surface area contributed by atoms with Gasteiger partial charge in [0.2, 0.25) is 0 Å². The smallest absolute Gasteiger partial charge is 0.183 e. The minimum atomic E-state index is -1.43. The van der Waals surface area contributed by atoms with E-state index in [1.54, 1.807) is 0 Å². The van der Waals surface area contributed by atoms with Crippen LogP contribution in [0.4, 0.5) is 0 Å². The summed E-state index contributed by atoms with van der Waals surface area (Å²) in [6, 6.07) is 0. The van der Waals surface area contributed by atoms with Crippen LogP contribution < -0.4 is 0 Å². The molecule has 5 nitrogen and oxygen atoms in total. The molecule has 5 atom stereocenters. The van der Waals surface area contributed by atoms with E-state index < -0.39 is 30.7 Å². The highest BCUT2D eigenvalue weighted by atomic mass is 16.6. The summed E-state index contributed by atoms with van der Waals surface area (Å²) < 4.78 is 5.12. The van der Waals surface area contributed by atoms with Crippen LogP contribution in [-0.2, 0) is 4.74 Å². The van der Waals surface area contributed by atoms with E-state index in [9.17, 15) is 20.4 Å². The van der Waals surface area contributed by atoms with Crippen LogP contribution in [0.5, 0.6) is 0 Å². The highest BCUT2D eigenvalue weighted by Crippen LogP contribution is 2.23. The lowest BCUT2D eigenvalue weighted by Crippen LogP contribution is -2.57. The number of unbranched alkanes of at least 4 members (excludes halogenated alkanes) is 6. The van der Waals surface area contributed by atoms with E-state index in [0.717, 1.165) is 19.3 Å². The molecule has 1 aliphatic heterocycles. The molecule has 5 heteroatoms. The van der Waals surface area contributed by atoms with Crippen LogP contribution in [0.25, 0.3) is 0 Å². The van der Waals surface area contributed by atoms with Crippen molar-refractivity contribution >= 4 is 0 Å². The molecule has 1 saturated heterocycles. The Labute approximate surface area is 115 Å². The van der Waals surface area contributed by atoms with Gasteiger partial charge in [0, 0.05) is 0 Å². The van der Waals surface area contributed by atoms with Gasteiger partial charge in [0.25, 0.3) is 0 Å². The molecular weight excluding hydrogens is 248 g/mol. The first kappa shape index (κ1) is 16.9. The molecule has 0 aromatic heterocycles. The Morgan fingerprint density at radius 1 is 0.737 bits per heavy atom. The molecular formula is C14H28O5. The van der Waals surface area contributed by atoms with Crippen molar-refractivity contribution in [3.8, 4) is 0 Å². The third-order valence-corrected chi connectivity index (χ3v) is 3.78. The zero-order chi connectivity index (χ0) is 14.3. The third-order valence-electron chi connectivity index (χ3n) is 3.78. The van der Waals surface area contributed by atoms with Crippen molar-refractivity contribution in [3.63, 3.8) is 0 Å². The van der Waals surface area contributed by atoms with E-state index in [4.69, 9.17) is 4.74 Å². The second-order valence-electron chi connectivity index (χ2n) is 5.45. The maximum absolute atomic E-state index is 9.75. The molecule has 0 unspecified atom stereocenters. The summed E-state index contributed by atoms with van der Waals surface area (Å²) in [5.74, 6) is 0. The normalized spacial score (nSPS) is 35.5. The van der Waals surface area contributed by atoms with E-state index in [1.807, 2.05) is 0 Å². The zero-order valence-corrected chi connectivity index (χ0v) is 11.7. The van der Waals surface area contributed by atoms with Gasteiger partial charge in [0.05, 0.1) is 6.10 Å². The summed E-state index contributed by atoms with van der Waals surface area (Å²) in [4.78, 5) is 0. The van der Waals surface area contributed by atoms with Crippen molar-refractivity contribution in [1.82, 2.24) is 0 Å². The SMILES string of the molecule is CCCCCCCCC[C@H]1O[C@@H](O)[C@H](O)[C@@H](O)[C@H]1O. The Morgan fingerprint density at radius 2 is 1.32 bits per heavy atom. The largest absolute Gasteiger partial charge is 0.388 e. The second-order valence-corrected chi connectivity index (χ2v) is 5.45. The lowest BCUT2D eigenvalue weighted by Gasteiger charge is -2.38. The van der Waals surface area contributed by atoms with Gasteiger partial charge in [-0.3, -0.25) is 0 Å². The summed E-state index contributed by atoms with van der Waals surface area (Å²) in [5.41, 5.74) is 0. The maximum atomic E-state index is 9.75. The molecule has 0 spiro atoms. The summed E-state index contributed by atoms with van der Waals surface area (Å²) in [7, 11) is 0. The van der Waals surface area contributed by atoms with Gasteiger partial charge in [-0.05, 0) is 6.42 Å². The van der Waals surface area contributed by atoms with E-state index in [1.165, 1.54) is 25.7 Å². The third kappa shape index (κ3) is 5.36. The molecule has 1 rings (SSSR count). The lowest BCUT2D eigenvalue weighted by molar-refractivity contribution is -0.282. The summed E-state index contributed by atoms with van der Waals surface area (Å²) >= 11 is 0. The Bertz CT molecular complexity index is 236. The minimum absolute atomic E-state index is 0.593. The zero-order valence-electron chi connectivity index (χ0n) is 11.7. The first-order valence-corrected chi connectivity index (χ1v) is 7.45. The van der Waals surface area contributed by atoms with Crippen LogP contribution in [0.2, 0.25) is 0 Å². The Morgan fingerprint density at radius 3 is 1.95 bits per heavy atom. The summed E-state index contributed by atoms with van der Waals surface area (Å²) in [5, 5.41) is 38.0. The molecule has 0 amide bonds. The molecule has 4 N–H and O–H groups in total. The molecule has 0 aromatic carbocycles. The highest BCUT2D eigenvalue weighted by Gasteiger charge is 2.42. The van der Waals surface area contributed by atoms with Crippen LogP contribution in [-0.4, -0.2) is 51.1 Å². The van der Waals surface area contributed by atoms with Gasteiger partial charge in [-0.1, -0.05) is 51.9 Å². The molecule has 0 aliphatic carbocycles. The van der Waals surface area contributed by atoms with E-state index in [2.05, 4.69) is 6.92 Å². The number of hydrogen-bond donors (Lipinski definition) is 4. The Balaban J connectivity index is 2.15. The predicted molar refractivity (Wildman–Crippen MR) is 71.5 cm³/mol. The van der Waals surface area contributed by atoms with Gasteiger partial charge in [0.1, 0.15) is 18.3 Å². The van der Waals surface area contributed by atoms with E-state index >= 15 is 0 Å². The quantitative estimate of drug-likeness (QED) is 0.495. The average Bonchev–Trinajstić information content (AvgIpc) is 2.41. The number of aliphatic hydroxyl groups is 4. The fourth-order valence-corrected chi connectivity index (χ4v) is 2.47. The molecule has 0 aromatic rings. The molecule has 1 aliphatic rings. The number of ether oxygens (including phenoxy) is 1. The van der Waals surface area contributed by atoms with Crippen molar-refractivity contribution in [2.45, 2.75) is 89.0 Å². The second kappa shape index (κ2) is 8.87. The number of hydrogen-bond acceptors (Lipinski definition) is 5. The van der Waals surface area contributed by atoms with Gasteiger partial charge in [-0.15, -0.1) is 0 Å². The van der Waals surface area contributed by atoms with Crippen LogP contribution in [0.15, 0.2) is 0 Å². The Hall–Kier alpha value is -0.200. The van der Waals surface area contributed by atoms with Gasteiger partial charge in [-0.25, -0.2) is 0 Å². The number of aliphatic hydroxyl groups excluding tert-OH is 4. The fraction of sp³-hybridized carbons (Fsp3) is 1.00. The van der Waals surface area contributed by atoms with Gasteiger partial charge >= 0.3 is 0 Å². The Kier molecular flexibility index (Phi) is 7.87. The topological polar surface area (TPSA) is 90.2 Å². The standard InChI is InChI=1S/C14H28O5/c1-2-3-4-5-6-7-8-9-10-11(15)12(16)13(17)14(18)19-10/h10-18H,2-9H2,1H3/t10-,11+,12+,13-,14-/m1/s1. The minimum Gasteiger partial charge on any atom is -0.388 e. The molecule has 1 heterocycles. The van der Waals surface area contributed by atoms with Crippen molar-refractivity contribution in [3.05, 3.63) is 0 Å². The molecule has 0 saturated carbocycles. The van der Waals surface area contributed by atoms with E-state index in [-0.39, 0.29) is 0 Å². The summed E-state index contributed by atoms with van der Waals surface area (Å²) in [6.45, 7) is 2.19. The van der Waals surface area contributed by atoms with E-state index in [0.29, 0.717) is 6.42 Å². The molecule has 1 fully saturated rings. The first-order chi connectivity index (χ1) is 9.07. The highest BCUT2D eigenvalue weighted by molar-refractivity contribution is 4.88. The molecule has 19 heavy (non-hydrogen) atoms. The monoisotopic (exact) mass is 276 g/mol. The van der Waals surface area contributed by atoms with Crippen LogP contribution in [0, 0.1) is 0 Å². The molecule has 114 valence electrons. The van der Waals surface area contributed by atoms with Crippen molar-refractivity contribution in [2.24, 2.45) is 0 Å². The molecule has 0 radical (unpaired) electrons. The predicted octanol–water partition coefficient (Wildman–Crippen LogP) is 0.927. The van der Waals surface area contributed by atoms with Crippen LogP contribution in [0.3, 0.4) is 0 Å². The van der Waals surface area contributed by atoms with Crippen LogP contribution in [0.1, 0.15) is 58.3 Å².